The van der Waals surface area contributed by atoms with Crippen molar-refractivity contribution in [1.29, 1.82) is 0 Å². The standard InChI is InChI=1S/C13H25NO4/c1-13(6-4-3-5-11(13)14)12(15)18-10-9-17-8-7-16-2/h11H,3-10,14H2,1-2H3. The van der Waals surface area contributed by atoms with Crippen molar-refractivity contribution in [3.05, 3.63) is 0 Å². The van der Waals surface area contributed by atoms with Crippen LogP contribution in [0.2, 0.25) is 0 Å². The van der Waals surface area contributed by atoms with E-state index < -0.39 is 5.41 Å². The van der Waals surface area contributed by atoms with Crippen molar-refractivity contribution in [2.24, 2.45) is 11.1 Å². The van der Waals surface area contributed by atoms with E-state index in [0.29, 0.717) is 19.8 Å². The molecule has 0 amide bonds. The third kappa shape index (κ3) is 4.23. The van der Waals surface area contributed by atoms with E-state index in [1.54, 1.807) is 7.11 Å². The summed E-state index contributed by atoms with van der Waals surface area (Å²) in [4.78, 5) is 12.0. The molecule has 1 fully saturated rings. The molecule has 5 heteroatoms. The fourth-order valence-electron chi connectivity index (χ4n) is 2.22. The van der Waals surface area contributed by atoms with Crippen LogP contribution in [0.3, 0.4) is 0 Å². The van der Waals surface area contributed by atoms with Crippen LogP contribution < -0.4 is 5.73 Å². The minimum absolute atomic E-state index is 0.0897. The number of esters is 1. The highest BCUT2D eigenvalue weighted by Gasteiger charge is 2.42. The van der Waals surface area contributed by atoms with Gasteiger partial charge in [0, 0.05) is 13.2 Å². The van der Waals surface area contributed by atoms with Gasteiger partial charge in [-0.25, -0.2) is 0 Å². The summed E-state index contributed by atoms with van der Waals surface area (Å²) in [6, 6.07) is -0.0897. The van der Waals surface area contributed by atoms with Crippen LogP contribution in [0, 0.1) is 5.41 Å². The summed E-state index contributed by atoms with van der Waals surface area (Å²) < 4.78 is 15.3. The normalized spacial score (nSPS) is 28.1. The lowest BCUT2D eigenvalue weighted by Gasteiger charge is -2.36. The van der Waals surface area contributed by atoms with Gasteiger partial charge in [0.05, 0.1) is 25.2 Å². The second-order valence-electron chi connectivity index (χ2n) is 5.01. The first-order valence-electron chi connectivity index (χ1n) is 6.61. The quantitative estimate of drug-likeness (QED) is 0.547. The predicted molar refractivity (Wildman–Crippen MR) is 68.2 cm³/mol. The number of hydrogen-bond acceptors (Lipinski definition) is 5. The number of methoxy groups -OCH3 is 1. The molecule has 5 nitrogen and oxygen atoms in total. The van der Waals surface area contributed by atoms with Crippen LogP contribution in [0.25, 0.3) is 0 Å². The summed E-state index contributed by atoms with van der Waals surface area (Å²) in [7, 11) is 1.62. The van der Waals surface area contributed by atoms with Gasteiger partial charge >= 0.3 is 5.97 Å². The molecule has 1 saturated carbocycles. The average Bonchev–Trinajstić information content (AvgIpc) is 2.37. The van der Waals surface area contributed by atoms with Crippen LogP contribution in [0.15, 0.2) is 0 Å². The van der Waals surface area contributed by atoms with Crippen molar-refractivity contribution in [2.45, 2.75) is 38.6 Å². The van der Waals surface area contributed by atoms with E-state index in [9.17, 15) is 4.79 Å². The van der Waals surface area contributed by atoms with E-state index in [4.69, 9.17) is 19.9 Å². The van der Waals surface area contributed by atoms with Crippen molar-refractivity contribution in [1.82, 2.24) is 0 Å². The second-order valence-corrected chi connectivity index (χ2v) is 5.01. The van der Waals surface area contributed by atoms with Crippen molar-refractivity contribution in [3.8, 4) is 0 Å². The number of nitrogens with two attached hydrogens (primary N) is 1. The molecular weight excluding hydrogens is 234 g/mol. The molecular formula is C13H25NO4. The van der Waals surface area contributed by atoms with E-state index in [-0.39, 0.29) is 18.6 Å². The molecule has 1 rings (SSSR count). The van der Waals surface area contributed by atoms with Gasteiger partial charge in [0.25, 0.3) is 0 Å². The van der Waals surface area contributed by atoms with Crippen LogP contribution in [-0.2, 0) is 19.0 Å². The number of carbonyl (C=O) groups excluding carboxylic acids is 1. The lowest BCUT2D eigenvalue weighted by atomic mass is 9.72. The maximum absolute atomic E-state index is 12.0. The fraction of sp³-hybridized carbons (Fsp3) is 0.923. The van der Waals surface area contributed by atoms with Crippen LogP contribution in [0.1, 0.15) is 32.6 Å². The highest BCUT2D eigenvalue weighted by atomic mass is 16.6. The van der Waals surface area contributed by atoms with Crippen molar-refractivity contribution >= 4 is 5.97 Å². The molecule has 2 atom stereocenters. The minimum atomic E-state index is -0.523. The van der Waals surface area contributed by atoms with Gasteiger partial charge in [-0.1, -0.05) is 12.8 Å². The van der Waals surface area contributed by atoms with Gasteiger partial charge in [-0.3, -0.25) is 4.79 Å². The first-order chi connectivity index (χ1) is 8.61. The molecule has 0 heterocycles. The van der Waals surface area contributed by atoms with Crippen molar-refractivity contribution in [3.63, 3.8) is 0 Å². The molecule has 18 heavy (non-hydrogen) atoms. The molecule has 0 radical (unpaired) electrons. The Morgan fingerprint density at radius 2 is 2.00 bits per heavy atom. The van der Waals surface area contributed by atoms with E-state index in [1.807, 2.05) is 6.92 Å². The summed E-state index contributed by atoms with van der Waals surface area (Å²) in [5.74, 6) is -0.190. The number of carbonyl (C=O) groups is 1. The zero-order chi connectivity index (χ0) is 13.4. The Morgan fingerprint density at radius 3 is 2.67 bits per heavy atom. The molecule has 1 aliphatic carbocycles. The number of rotatable bonds is 7. The molecule has 0 spiro atoms. The van der Waals surface area contributed by atoms with Gasteiger partial charge in [0.1, 0.15) is 6.61 Å². The van der Waals surface area contributed by atoms with Gasteiger partial charge in [-0.15, -0.1) is 0 Å². The molecule has 2 N–H and O–H groups in total. The fourth-order valence-corrected chi connectivity index (χ4v) is 2.22. The summed E-state index contributed by atoms with van der Waals surface area (Å²) in [5, 5.41) is 0. The molecule has 0 aromatic rings. The number of hydrogen-bond donors (Lipinski definition) is 1. The maximum atomic E-state index is 12.0. The van der Waals surface area contributed by atoms with Gasteiger partial charge in [0.15, 0.2) is 0 Å². The molecule has 106 valence electrons. The maximum Gasteiger partial charge on any atom is 0.313 e. The summed E-state index contributed by atoms with van der Waals surface area (Å²) in [5.41, 5.74) is 5.51. The monoisotopic (exact) mass is 259 g/mol. The molecule has 0 bridgehead atoms. The second kappa shape index (κ2) is 7.71. The summed E-state index contributed by atoms with van der Waals surface area (Å²) >= 11 is 0. The minimum Gasteiger partial charge on any atom is -0.463 e. The highest BCUT2D eigenvalue weighted by molar-refractivity contribution is 5.77. The highest BCUT2D eigenvalue weighted by Crippen LogP contribution is 2.35. The predicted octanol–water partition coefficient (Wildman–Crippen LogP) is 1.10. The van der Waals surface area contributed by atoms with Gasteiger partial charge in [-0.05, 0) is 19.8 Å². The summed E-state index contributed by atoms with van der Waals surface area (Å²) in [6.45, 7) is 3.66. The molecule has 0 saturated heterocycles. The van der Waals surface area contributed by atoms with Gasteiger partial charge in [-0.2, -0.15) is 0 Å². The Hall–Kier alpha value is -0.650. The molecule has 0 aliphatic heterocycles. The van der Waals surface area contributed by atoms with E-state index in [1.165, 1.54) is 0 Å². The first kappa shape index (κ1) is 15.4. The third-order valence-corrected chi connectivity index (χ3v) is 3.64. The van der Waals surface area contributed by atoms with E-state index in [2.05, 4.69) is 0 Å². The Balaban J connectivity index is 2.22. The van der Waals surface area contributed by atoms with Crippen molar-refractivity contribution in [2.75, 3.05) is 33.5 Å². The first-order valence-corrected chi connectivity index (χ1v) is 6.61. The molecule has 1 aliphatic rings. The smallest absolute Gasteiger partial charge is 0.313 e. The molecule has 0 aromatic carbocycles. The Labute approximate surface area is 109 Å². The van der Waals surface area contributed by atoms with Crippen LogP contribution in [0.4, 0.5) is 0 Å². The summed E-state index contributed by atoms with van der Waals surface area (Å²) in [6.07, 6.45) is 3.86. The molecule has 0 aromatic heterocycles. The van der Waals surface area contributed by atoms with E-state index >= 15 is 0 Å². The zero-order valence-corrected chi connectivity index (χ0v) is 11.4. The lowest BCUT2D eigenvalue weighted by Crippen LogP contribution is -2.48. The lowest BCUT2D eigenvalue weighted by molar-refractivity contribution is -0.159. The number of ether oxygens (including phenoxy) is 3. The Morgan fingerprint density at radius 1 is 1.28 bits per heavy atom. The molecule has 2 unspecified atom stereocenters. The largest absolute Gasteiger partial charge is 0.463 e. The van der Waals surface area contributed by atoms with Crippen molar-refractivity contribution < 1.29 is 19.0 Å². The van der Waals surface area contributed by atoms with Crippen LogP contribution >= 0.6 is 0 Å². The van der Waals surface area contributed by atoms with Gasteiger partial charge in [0.2, 0.25) is 0 Å². The average molecular weight is 259 g/mol. The Kier molecular flexibility index (Phi) is 6.60. The van der Waals surface area contributed by atoms with Gasteiger partial charge < -0.3 is 19.9 Å². The van der Waals surface area contributed by atoms with Crippen LogP contribution in [-0.4, -0.2) is 45.5 Å². The SMILES string of the molecule is COCCOCCOC(=O)C1(C)CCCCC1N. The van der Waals surface area contributed by atoms with Crippen LogP contribution in [0.5, 0.6) is 0 Å². The Bertz CT molecular complexity index is 259. The van der Waals surface area contributed by atoms with E-state index in [0.717, 1.165) is 25.7 Å². The zero-order valence-electron chi connectivity index (χ0n) is 11.4. The topological polar surface area (TPSA) is 70.8 Å². The third-order valence-electron chi connectivity index (χ3n) is 3.64.